The van der Waals surface area contributed by atoms with E-state index in [-0.39, 0.29) is 19.4 Å². The summed E-state index contributed by atoms with van der Waals surface area (Å²) in [4.78, 5) is 10.8. The highest BCUT2D eigenvalue weighted by Gasteiger charge is 2.26. The monoisotopic (exact) mass is 390 g/mol. The molecule has 0 saturated heterocycles. The average Bonchev–Trinajstić information content (AvgIpc) is 2.56. The molecule has 0 saturated carbocycles. The predicted octanol–water partition coefficient (Wildman–Crippen LogP) is 1.75. The Bertz CT molecular complexity index is 641. The van der Waals surface area contributed by atoms with Crippen LogP contribution in [0.15, 0.2) is 18.2 Å². The number of rotatable bonds is 8. The number of nitrogen functional groups attached to an aromatic ring is 1. The Morgan fingerprint density at radius 2 is 1.81 bits per heavy atom. The second-order valence-corrected chi connectivity index (χ2v) is 7.44. The summed E-state index contributed by atoms with van der Waals surface area (Å²) in [6.07, 6.45) is 0.412. The summed E-state index contributed by atoms with van der Waals surface area (Å²) < 4.78 is 33.4. The molecule has 0 bridgehead atoms. The zero-order valence-corrected chi connectivity index (χ0v) is 16.9. The topological polar surface area (TPSA) is 119 Å². The molecule has 0 fully saturated rings. The Morgan fingerprint density at radius 3 is 2.19 bits per heavy atom. The highest BCUT2D eigenvalue weighted by molar-refractivity contribution is 7.84. The van der Waals surface area contributed by atoms with Crippen molar-refractivity contribution in [2.24, 2.45) is 0 Å². The lowest BCUT2D eigenvalue weighted by molar-refractivity contribution is -0.137. The summed E-state index contributed by atoms with van der Waals surface area (Å²) in [6, 6.07) is 6.05. The van der Waals surface area contributed by atoms with Gasteiger partial charge in [-0.3, -0.25) is 0 Å². The van der Waals surface area contributed by atoms with E-state index in [9.17, 15) is 13.2 Å². The lowest BCUT2D eigenvalue weighted by atomic mass is 10.1. The molecule has 0 amide bonds. The molecule has 9 heteroatoms. The Morgan fingerprint density at radius 1 is 1.27 bits per heavy atom. The number of nitrogens with zero attached hydrogens (tertiary/aromatic N) is 1. The second-order valence-electron chi connectivity index (χ2n) is 5.90. The van der Waals surface area contributed by atoms with Crippen LogP contribution in [-0.2, 0) is 24.0 Å². The first kappa shape index (κ1) is 24.3. The van der Waals surface area contributed by atoms with Gasteiger partial charge >= 0.3 is 16.3 Å². The highest BCUT2D eigenvalue weighted by atomic mass is 32.2. The van der Waals surface area contributed by atoms with Crippen LogP contribution in [0.25, 0.3) is 0 Å². The lowest BCUT2D eigenvalue weighted by Gasteiger charge is -2.21. The molecule has 0 atom stereocenters. The average molecular weight is 391 g/mol. The summed E-state index contributed by atoms with van der Waals surface area (Å²) in [5.74, 6) is -1.21. The van der Waals surface area contributed by atoms with Crippen LogP contribution in [0.4, 0.5) is 5.69 Å². The van der Waals surface area contributed by atoms with E-state index in [1.54, 1.807) is 20.8 Å². The van der Waals surface area contributed by atoms with Gasteiger partial charge in [0, 0.05) is 12.2 Å². The fourth-order valence-electron chi connectivity index (χ4n) is 1.75. The standard InChI is InChI=1S/C9H19NO6S.C8H11N/c1-4-5-10(7-15-8(2)3)17(13,14)16-9(12)6-11;1-6-4-3-5-7(2)8(6)9/h8,11H,4-7H2,1-3H3;3-5H,9H2,1-2H3. The van der Waals surface area contributed by atoms with Crippen LogP contribution in [0.5, 0.6) is 0 Å². The van der Waals surface area contributed by atoms with Crippen molar-refractivity contribution in [1.82, 2.24) is 4.31 Å². The maximum absolute atomic E-state index is 11.6. The Balaban J connectivity index is 0.000000577. The molecule has 26 heavy (non-hydrogen) atoms. The molecule has 1 rings (SSSR count). The Hall–Kier alpha value is -1.68. The third-order valence-corrected chi connectivity index (χ3v) is 4.53. The van der Waals surface area contributed by atoms with Gasteiger partial charge in [0.1, 0.15) is 13.3 Å². The number of para-hydroxylation sites is 1. The van der Waals surface area contributed by atoms with E-state index in [1.165, 1.54) is 0 Å². The summed E-state index contributed by atoms with van der Waals surface area (Å²) in [5, 5.41) is 8.44. The molecular weight excluding hydrogens is 360 g/mol. The SMILES string of the molecule is CCCN(COC(C)C)S(=O)(=O)OC(=O)CO.Cc1cccc(C)c1N. The zero-order chi connectivity index (χ0) is 20.3. The van der Waals surface area contributed by atoms with Gasteiger partial charge in [-0.25, -0.2) is 4.79 Å². The first-order chi connectivity index (χ1) is 12.0. The minimum Gasteiger partial charge on any atom is -0.398 e. The van der Waals surface area contributed by atoms with Crippen LogP contribution in [0.3, 0.4) is 0 Å². The smallest absolute Gasteiger partial charge is 0.389 e. The Labute approximate surface area is 156 Å². The largest absolute Gasteiger partial charge is 0.398 e. The number of aryl methyl sites for hydroxylation is 2. The molecule has 0 aliphatic heterocycles. The van der Waals surface area contributed by atoms with E-state index >= 15 is 0 Å². The van der Waals surface area contributed by atoms with E-state index in [2.05, 4.69) is 4.18 Å². The predicted molar refractivity (Wildman–Crippen MR) is 101 cm³/mol. The summed E-state index contributed by atoms with van der Waals surface area (Å²) >= 11 is 0. The van der Waals surface area contributed by atoms with Gasteiger partial charge in [-0.1, -0.05) is 25.1 Å². The molecule has 1 aromatic carbocycles. The van der Waals surface area contributed by atoms with Gasteiger partial charge in [0.05, 0.1) is 6.10 Å². The molecule has 0 unspecified atom stereocenters. The minimum absolute atomic E-state index is 0.141. The van der Waals surface area contributed by atoms with Gasteiger partial charge in [0.25, 0.3) is 0 Å². The third kappa shape index (κ3) is 9.14. The first-order valence-corrected chi connectivity index (χ1v) is 9.68. The summed E-state index contributed by atoms with van der Waals surface area (Å²) in [7, 11) is -4.19. The van der Waals surface area contributed by atoms with Crippen molar-refractivity contribution in [2.45, 2.75) is 47.1 Å². The maximum atomic E-state index is 11.6. The molecular formula is C17H30N2O6S. The van der Waals surface area contributed by atoms with Crippen molar-refractivity contribution in [3.8, 4) is 0 Å². The normalized spacial score (nSPS) is 11.2. The molecule has 8 nitrogen and oxygen atoms in total. The number of carbonyl (C=O) groups excluding carboxylic acids is 1. The van der Waals surface area contributed by atoms with Crippen LogP contribution in [0.1, 0.15) is 38.3 Å². The van der Waals surface area contributed by atoms with Gasteiger partial charge in [-0.05, 0) is 45.2 Å². The van der Waals surface area contributed by atoms with Gasteiger partial charge in [-0.2, -0.15) is 8.42 Å². The number of hydrogen-bond acceptors (Lipinski definition) is 7. The Kier molecular flexibility index (Phi) is 11.1. The van der Waals surface area contributed by atoms with Crippen LogP contribution >= 0.6 is 0 Å². The van der Waals surface area contributed by atoms with E-state index in [0.717, 1.165) is 21.1 Å². The van der Waals surface area contributed by atoms with Crippen molar-refractivity contribution in [1.29, 1.82) is 0 Å². The van der Waals surface area contributed by atoms with Gasteiger partial charge in [-0.15, -0.1) is 4.31 Å². The fraction of sp³-hybridized carbons (Fsp3) is 0.588. The van der Waals surface area contributed by atoms with Crippen molar-refractivity contribution >= 4 is 22.0 Å². The maximum Gasteiger partial charge on any atom is 0.389 e. The minimum atomic E-state index is -4.19. The molecule has 0 heterocycles. The number of carbonyl (C=O) groups is 1. The number of aliphatic hydroxyl groups excluding tert-OH is 1. The number of ether oxygens (including phenoxy) is 1. The second kappa shape index (κ2) is 11.8. The molecule has 150 valence electrons. The lowest BCUT2D eigenvalue weighted by Crippen LogP contribution is -2.37. The first-order valence-electron chi connectivity index (χ1n) is 8.31. The van der Waals surface area contributed by atoms with Gasteiger partial charge in [0.15, 0.2) is 0 Å². The number of aliphatic hydroxyl groups is 1. The molecule has 0 spiro atoms. The summed E-state index contributed by atoms with van der Waals surface area (Å²) in [6.45, 7) is 8.34. The molecule has 0 aliphatic rings. The summed E-state index contributed by atoms with van der Waals surface area (Å²) in [5.41, 5.74) is 8.92. The third-order valence-electron chi connectivity index (χ3n) is 3.21. The van der Waals surface area contributed by atoms with Crippen LogP contribution < -0.4 is 5.73 Å². The number of benzene rings is 1. The van der Waals surface area contributed by atoms with E-state index in [0.29, 0.717) is 6.42 Å². The number of hydrogen-bond donors (Lipinski definition) is 2. The van der Waals surface area contributed by atoms with Crippen molar-refractivity contribution < 1.29 is 27.2 Å². The quantitative estimate of drug-likeness (QED) is 0.512. The molecule has 0 aromatic heterocycles. The van der Waals surface area contributed by atoms with E-state index in [4.69, 9.17) is 15.6 Å². The van der Waals surface area contributed by atoms with Gasteiger partial charge in [0.2, 0.25) is 0 Å². The molecule has 1 aromatic rings. The van der Waals surface area contributed by atoms with Crippen LogP contribution in [0, 0.1) is 13.8 Å². The van der Waals surface area contributed by atoms with Crippen molar-refractivity contribution in [3.05, 3.63) is 29.3 Å². The van der Waals surface area contributed by atoms with E-state index < -0.39 is 22.9 Å². The van der Waals surface area contributed by atoms with Gasteiger partial charge < -0.3 is 19.8 Å². The van der Waals surface area contributed by atoms with E-state index in [1.807, 2.05) is 32.0 Å². The molecule has 3 N–H and O–H groups in total. The fourth-order valence-corrected chi connectivity index (χ4v) is 2.74. The highest BCUT2D eigenvalue weighted by Crippen LogP contribution is 2.13. The van der Waals surface area contributed by atoms with Crippen molar-refractivity contribution in [3.63, 3.8) is 0 Å². The molecule has 0 radical (unpaired) electrons. The number of nitrogens with two attached hydrogens (primary N) is 1. The van der Waals surface area contributed by atoms with Crippen LogP contribution in [0.2, 0.25) is 0 Å². The van der Waals surface area contributed by atoms with Crippen LogP contribution in [-0.4, -0.2) is 49.8 Å². The van der Waals surface area contributed by atoms with Crippen molar-refractivity contribution in [2.75, 3.05) is 25.6 Å². The molecule has 0 aliphatic carbocycles. The number of anilines is 1. The zero-order valence-electron chi connectivity index (χ0n) is 16.1.